The molecule has 0 spiro atoms. The lowest BCUT2D eigenvalue weighted by Gasteiger charge is -2.03. The Morgan fingerprint density at radius 1 is 1.10 bits per heavy atom. The molecule has 2 N–H and O–H groups in total. The summed E-state index contributed by atoms with van der Waals surface area (Å²) in [7, 11) is 0. The molecule has 0 aliphatic rings. The summed E-state index contributed by atoms with van der Waals surface area (Å²) < 4.78 is 12.2. The summed E-state index contributed by atoms with van der Waals surface area (Å²) in [6, 6.07) is 7.89. The summed E-state index contributed by atoms with van der Waals surface area (Å²) in [6.45, 7) is 5.85. The summed E-state index contributed by atoms with van der Waals surface area (Å²) in [5.41, 5.74) is 9.73. The van der Waals surface area contributed by atoms with Gasteiger partial charge in [-0.15, -0.1) is 0 Å². The Morgan fingerprint density at radius 2 is 1.86 bits per heavy atom. The van der Waals surface area contributed by atoms with Gasteiger partial charge in [0.15, 0.2) is 11.6 Å². The largest absolute Gasteiger partial charge is 0.466 e. The van der Waals surface area contributed by atoms with Crippen molar-refractivity contribution in [1.82, 2.24) is 5.16 Å². The van der Waals surface area contributed by atoms with E-state index in [4.69, 9.17) is 14.7 Å². The van der Waals surface area contributed by atoms with Crippen molar-refractivity contribution in [3.05, 3.63) is 45.8 Å². The van der Waals surface area contributed by atoms with E-state index in [0.717, 1.165) is 38.2 Å². The van der Waals surface area contributed by atoms with E-state index in [1.165, 1.54) is 0 Å². The number of aromatic nitrogens is 1. The van der Waals surface area contributed by atoms with Gasteiger partial charge in [0, 0.05) is 10.0 Å². The van der Waals surface area contributed by atoms with E-state index in [2.05, 4.69) is 21.1 Å². The Morgan fingerprint density at radius 3 is 2.48 bits per heavy atom. The fourth-order valence-corrected chi connectivity index (χ4v) is 2.92. The van der Waals surface area contributed by atoms with Gasteiger partial charge in [0.25, 0.3) is 0 Å². The zero-order valence-corrected chi connectivity index (χ0v) is 13.6. The minimum atomic E-state index is 0.376. The summed E-state index contributed by atoms with van der Waals surface area (Å²) >= 11 is 3.48. The molecule has 1 aromatic carbocycles. The second-order valence-electron chi connectivity index (χ2n) is 5.00. The molecule has 0 aliphatic heterocycles. The molecule has 3 aromatic rings. The number of hydrogen-bond acceptors (Lipinski definition) is 4. The fourth-order valence-electron chi connectivity index (χ4n) is 2.52. The monoisotopic (exact) mass is 346 g/mol. The van der Waals surface area contributed by atoms with Crippen molar-refractivity contribution in [3.63, 3.8) is 0 Å². The molecule has 0 bridgehead atoms. The minimum Gasteiger partial charge on any atom is -0.466 e. The number of anilines is 1. The standard InChI is InChI=1S/C16H15BrN2O2/c1-8-9(2)20-10(3)13(8)15-14(16(18)19-21-15)11-5-4-6-12(17)7-11/h4-7H,1-3H3,(H2,18,19). The third-order valence-corrected chi connectivity index (χ3v) is 4.11. The van der Waals surface area contributed by atoms with Crippen LogP contribution in [-0.2, 0) is 0 Å². The maximum Gasteiger partial charge on any atom is 0.180 e. The van der Waals surface area contributed by atoms with E-state index < -0.39 is 0 Å². The van der Waals surface area contributed by atoms with E-state index in [-0.39, 0.29) is 0 Å². The molecule has 0 saturated carbocycles. The van der Waals surface area contributed by atoms with Crippen molar-refractivity contribution in [2.75, 3.05) is 5.73 Å². The van der Waals surface area contributed by atoms with Crippen molar-refractivity contribution in [2.24, 2.45) is 0 Å². The van der Waals surface area contributed by atoms with Crippen LogP contribution in [0.1, 0.15) is 17.1 Å². The second-order valence-corrected chi connectivity index (χ2v) is 5.91. The molecule has 0 aliphatic carbocycles. The summed E-state index contributed by atoms with van der Waals surface area (Å²) in [5, 5.41) is 3.94. The van der Waals surface area contributed by atoms with E-state index in [1.54, 1.807) is 0 Å². The van der Waals surface area contributed by atoms with E-state index in [1.807, 2.05) is 45.0 Å². The van der Waals surface area contributed by atoms with Gasteiger partial charge in [-0.05, 0) is 38.5 Å². The molecule has 0 atom stereocenters. The first-order valence-corrected chi connectivity index (χ1v) is 7.36. The van der Waals surface area contributed by atoms with Crippen LogP contribution in [0.4, 0.5) is 5.82 Å². The molecule has 0 fully saturated rings. The van der Waals surface area contributed by atoms with Gasteiger partial charge >= 0.3 is 0 Å². The highest BCUT2D eigenvalue weighted by atomic mass is 79.9. The van der Waals surface area contributed by atoms with Gasteiger partial charge in [0.2, 0.25) is 0 Å². The van der Waals surface area contributed by atoms with Gasteiger partial charge in [-0.25, -0.2) is 0 Å². The number of aryl methyl sites for hydroxylation is 2. The highest BCUT2D eigenvalue weighted by Gasteiger charge is 2.24. The SMILES string of the molecule is Cc1oc(C)c(-c2onc(N)c2-c2cccc(Br)c2)c1C. The highest BCUT2D eigenvalue weighted by molar-refractivity contribution is 9.10. The first-order chi connectivity index (χ1) is 9.99. The maximum atomic E-state index is 6.02. The lowest BCUT2D eigenvalue weighted by atomic mass is 9.99. The molecule has 2 heterocycles. The Hall–Kier alpha value is -2.01. The van der Waals surface area contributed by atoms with Crippen LogP contribution in [0.5, 0.6) is 0 Å². The molecule has 3 rings (SSSR count). The molecule has 21 heavy (non-hydrogen) atoms. The molecule has 0 amide bonds. The fraction of sp³-hybridized carbons (Fsp3) is 0.188. The van der Waals surface area contributed by atoms with Crippen molar-refractivity contribution in [1.29, 1.82) is 0 Å². The van der Waals surface area contributed by atoms with Crippen molar-refractivity contribution < 1.29 is 8.94 Å². The van der Waals surface area contributed by atoms with E-state index in [9.17, 15) is 0 Å². The Kier molecular flexibility index (Phi) is 3.37. The van der Waals surface area contributed by atoms with Crippen molar-refractivity contribution >= 4 is 21.7 Å². The molecule has 4 nitrogen and oxygen atoms in total. The van der Waals surface area contributed by atoms with Crippen LogP contribution >= 0.6 is 15.9 Å². The number of nitrogens with zero attached hydrogens (tertiary/aromatic N) is 1. The van der Waals surface area contributed by atoms with E-state index >= 15 is 0 Å². The average molecular weight is 347 g/mol. The van der Waals surface area contributed by atoms with Crippen LogP contribution in [0.25, 0.3) is 22.5 Å². The number of benzene rings is 1. The first kappa shape index (κ1) is 13.9. The number of halogens is 1. The predicted octanol–water partition coefficient (Wildman–Crippen LogP) is 4.87. The van der Waals surface area contributed by atoms with Crippen LogP contribution in [0.3, 0.4) is 0 Å². The van der Waals surface area contributed by atoms with Crippen LogP contribution < -0.4 is 5.73 Å². The van der Waals surface area contributed by atoms with Crippen LogP contribution in [0, 0.1) is 20.8 Å². The number of rotatable bonds is 2. The summed E-state index contributed by atoms with van der Waals surface area (Å²) in [4.78, 5) is 0. The van der Waals surface area contributed by atoms with Gasteiger partial charge in [-0.3, -0.25) is 0 Å². The Balaban J connectivity index is 2.27. The maximum absolute atomic E-state index is 6.02. The summed E-state index contributed by atoms with van der Waals surface area (Å²) in [6.07, 6.45) is 0. The molecular formula is C16H15BrN2O2. The van der Waals surface area contributed by atoms with Gasteiger partial charge in [0.05, 0.1) is 11.1 Å². The minimum absolute atomic E-state index is 0.376. The summed E-state index contributed by atoms with van der Waals surface area (Å²) in [5.74, 6) is 2.70. The number of nitrogens with two attached hydrogens (primary N) is 1. The number of furan rings is 1. The van der Waals surface area contributed by atoms with Crippen LogP contribution in [-0.4, -0.2) is 5.16 Å². The third kappa shape index (κ3) is 2.27. The normalized spacial score (nSPS) is 11.0. The zero-order valence-electron chi connectivity index (χ0n) is 12.0. The molecule has 0 unspecified atom stereocenters. The Bertz CT molecular complexity index is 818. The molecule has 0 radical (unpaired) electrons. The molecule has 108 valence electrons. The topological polar surface area (TPSA) is 65.2 Å². The number of hydrogen-bond donors (Lipinski definition) is 1. The quantitative estimate of drug-likeness (QED) is 0.718. The van der Waals surface area contributed by atoms with Gasteiger partial charge < -0.3 is 14.7 Å². The van der Waals surface area contributed by atoms with Gasteiger partial charge in [-0.1, -0.05) is 33.2 Å². The smallest absolute Gasteiger partial charge is 0.180 e. The molecule has 0 saturated heterocycles. The third-order valence-electron chi connectivity index (χ3n) is 3.62. The Labute approximate surface area is 131 Å². The highest BCUT2D eigenvalue weighted by Crippen LogP contribution is 2.41. The van der Waals surface area contributed by atoms with Gasteiger partial charge in [-0.2, -0.15) is 0 Å². The van der Waals surface area contributed by atoms with Crippen molar-refractivity contribution in [3.8, 4) is 22.5 Å². The van der Waals surface area contributed by atoms with Crippen molar-refractivity contribution in [2.45, 2.75) is 20.8 Å². The first-order valence-electron chi connectivity index (χ1n) is 6.57. The van der Waals surface area contributed by atoms with Crippen LogP contribution in [0.15, 0.2) is 37.7 Å². The lowest BCUT2D eigenvalue weighted by Crippen LogP contribution is -1.89. The predicted molar refractivity (Wildman–Crippen MR) is 86.0 cm³/mol. The van der Waals surface area contributed by atoms with Gasteiger partial charge in [0.1, 0.15) is 11.5 Å². The zero-order chi connectivity index (χ0) is 15.1. The van der Waals surface area contributed by atoms with Crippen LogP contribution in [0.2, 0.25) is 0 Å². The number of nitrogen functional groups attached to an aromatic ring is 1. The molecule has 2 aromatic heterocycles. The molecule has 5 heteroatoms. The van der Waals surface area contributed by atoms with E-state index in [0.29, 0.717) is 11.6 Å². The molecular weight excluding hydrogens is 332 g/mol. The lowest BCUT2D eigenvalue weighted by molar-refractivity contribution is 0.434. The second kappa shape index (κ2) is 5.07. The average Bonchev–Trinajstić information content (AvgIpc) is 2.91.